The van der Waals surface area contributed by atoms with Crippen molar-refractivity contribution >= 4 is 17.3 Å². The van der Waals surface area contributed by atoms with Crippen LogP contribution in [0.2, 0.25) is 0 Å². The van der Waals surface area contributed by atoms with E-state index < -0.39 is 12.0 Å². The van der Waals surface area contributed by atoms with Gasteiger partial charge in [0.15, 0.2) is 0 Å². The fourth-order valence-electron chi connectivity index (χ4n) is 1.38. The molecule has 1 atom stereocenters. The van der Waals surface area contributed by atoms with Crippen molar-refractivity contribution in [2.75, 3.05) is 6.54 Å². The zero-order valence-corrected chi connectivity index (χ0v) is 11.1. The molecule has 0 saturated carbocycles. The third kappa shape index (κ3) is 3.58. The van der Waals surface area contributed by atoms with Gasteiger partial charge in [-0.15, -0.1) is 17.8 Å². The molecule has 1 aromatic heterocycles. The lowest BCUT2D eigenvalue weighted by atomic mass is 9.95. The van der Waals surface area contributed by atoms with Crippen molar-refractivity contribution in [2.24, 2.45) is 0 Å². The van der Waals surface area contributed by atoms with Gasteiger partial charge in [-0.2, -0.15) is 0 Å². The zero-order valence-electron chi connectivity index (χ0n) is 10.3. The van der Waals surface area contributed by atoms with Crippen LogP contribution in [-0.2, 0) is 10.2 Å². The zero-order chi connectivity index (χ0) is 13.1. The van der Waals surface area contributed by atoms with Gasteiger partial charge in [-0.3, -0.25) is 10.1 Å². The first-order valence-electron chi connectivity index (χ1n) is 5.36. The second kappa shape index (κ2) is 5.35. The van der Waals surface area contributed by atoms with Crippen molar-refractivity contribution in [1.82, 2.24) is 5.32 Å². The summed E-state index contributed by atoms with van der Waals surface area (Å²) in [5, 5.41) is 12.0. The summed E-state index contributed by atoms with van der Waals surface area (Å²) in [4.78, 5) is 13.1. The number of carbonyl (C=O) groups is 1. The molecule has 0 aliphatic heterocycles. The average Bonchev–Trinajstić information content (AvgIpc) is 2.66. The van der Waals surface area contributed by atoms with E-state index in [2.05, 4.69) is 32.0 Å². The number of aliphatic carboxylic acids is 1. The van der Waals surface area contributed by atoms with E-state index in [9.17, 15) is 4.79 Å². The van der Waals surface area contributed by atoms with Gasteiger partial charge in [-0.05, 0) is 17.5 Å². The van der Waals surface area contributed by atoms with Crippen LogP contribution in [0.3, 0.4) is 0 Å². The second-order valence-electron chi connectivity index (χ2n) is 4.81. The summed E-state index contributed by atoms with van der Waals surface area (Å²) in [5.74, 6) is 1.49. The first kappa shape index (κ1) is 13.8. The van der Waals surface area contributed by atoms with Crippen molar-refractivity contribution in [3.63, 3.8) is 0 Å². The molecule has 0 aliphatic rings. The molecule has 0 spiro atoms. The Morgan fingerprint density at radius 3 is 2.65 bits per heavy atom. The average molecular weight is 251 g/mol. The largest absolute Gasteiger partial charge is 0.480 e. The van der Waals surface area contributed by atoms with Gasteiger partial charge in [0.1, 0.15) is 6.04 Å². The van der Waals surface area contributed by atoms with E-state index in [1.54, 1.807) is 0 Å². The summed E-state index contributed by atoms with van der Waals surface area (Å²) in [5.41, 5.74) is 0.0398. The number of carboxylic acid groups (broad SMARTS) is 1. The first-order valence-corrected chi connectivity index (χ1v) is 6.17. The molecule has 3 nitrogen and oxygen atoms in total. The highest BCUT2D eigenvalue weighted by Gasteiger charge is 2.23. The van der Waals surface area contributed by atoms with Gasteiger partial charge in [0.05, 0.1) is 6.54 Å². The highest BCUT2D eigenvalue weighted by atomic mass is 32.1. The standard InChI is InChI=1S/C13H17NO2S/c1-5-8-14-11(12(15)16)9-6-7-10(17-9)13(2,3)4/h1,6-7,11,14H,8H2,2-4H3,(H,15,16). The number of rotatable bonds is 4. The summed E-state index contributed by atoms with van der Waals surface area (Å²) in [6.45, 7) is 6.56. The van der Waals surface area contributed by atoms with Gasteiger partial charge in [-0.25, -0.2) is 0 Å². The van der Waals surface area contributed by atoms with E-state index in [1.165, 1.54) is 16.2 Å². The predicted octanol–water partition coefficient (Wildman–Crippen LogP) is 2.39. The van der Waals surface area contributed by atoms with E-state index >= 15 is 0 Å². The molecule has 17 heavy (non-hydrogen) atoms. The molecule has 0 bridgehead atoms. The highest BCUT2D eigenvalue weighted by Crippen LogP contribution is 2.32. The second-order valence-corrected chi connectivity index (χ2v) is 5.92. The predicted molar refractivity (Wildman–Crippen MR) is 70.2 cm³/mol. The van der Waals surface area contributed by atoms with Crippen LogP contribution < -0.4 is 5.32 Å². The SMILES string of the molecule is C#CCNC(C(=O)O)c1ccc(C(C)(C)C)s1. The molecule has 1 unspecified atom stereocenters. The maximum absolute atomic E-state index is 11.1. The molecule has 0 aliphatic carbocycles. The Kier molecular flexibility index (Phi) is 4.33. The fourth-order valence-corrected chi connectivity index (χ4v) is 2.52. The molecule has 0 fully saturated rings. The normalized spacial score (nSPS) is 13.1. The summed E-state index contributed by atoms with van der Waals surface area (Å²) in [6.07, 6.45) is 5.13. The van der Waals surface area contributed by atoms with Crippen molar-refractivity contribution in [3.8, 4) is 12.3 Å². The van der Waals surface area contributed by atoms with Crippen LogP contribution in [0.25, 0.3) is 0 Å². The highest BCUT2D eigenvalue weighted by molar-refractivity contribution is 7.12. The molecule has 0 radical (unpaired) electrons. The number of carboxylic acids is 1. The number of hydrogen-bond acceptors (Lipinski definition) is 3. The third-order valence-electron chi connectivity index (χ3n) is 2.31. The Balaban J connectivity index is 2.93. The van der Waals surface area contributed by atoms with E-state index in [1.807, 2.05) is 12.1 Å². The lowest BCUT2D eigenvalue weighted by molar-refractivity contribution is -0.139. The number of nitrogens with one attached hydrogen (secondary N) is 1. The molecule has 1 aromatic rings. The Morgan fingerprint density at radius 1 is 1.59 bits per heavy atom. The van der Waals surface area contributed by atoms with Gasteiger partial charge in [0, 0.05) is 9.75 Å². The van der Waals surface area contributed by atoms with E-state index in [0.717, 1.165) is 4.88 Å². The quantitative estimate of drug-likeness (QED) is 0.808. The summed E-state index contributed by atoms with van der Waals surface area (Å²) in [7, 11) is 0. The minimum atomic E-state index is -0.900. The third-order valence-corrected chi connectivity index (χ3v) is 3.88. The van der Waals surface area contributed by atoms with Crippen LogP contribution in [-0.4, -0.2) is 17.6 Å². The number of thiophene rings is 1. The van der Waals surface area contributed by atoms with Gasteiger partial charge >= 0.3 is 5.97 Å². The van der Waals surface area contributed by atoms with Crippen LogP contribution in [0.5, 0.6) is 0 Å². The van der Waals surface area contributed by atoms with Crippen LogP contribution in [0.15, 0.2) is 12.1 Å². The molecule has 0 aromatic carbocycles. The van der Waals surface area contributed by atoms with Crippen molar-refractivity contribution in [1.29, 1.82) is 0 Å². The molecule has 1 heterocycles. The lowest BCUT2D eigenvalue weighted by Gasteiger charge is -2.16. The fraction of sp³-hybridized carbons (Fsp3) is 0.462. The monoisotopic (exact) mass is 251 g/mol. The molecule has 92 valence electrons. The number of terminal acetylenes is 1. The Labute approximate surface area is 106 Å². The first-order chi connectivity index (χ1) is 7.86. The van der Waals surface area contributed by atoms with E-state index in [0.29, 0.717) is 0 Å². The Hall–Kier alpha value is -1.31. The molecule has 2 N–H and O–H groups in total. The lowest BCUT2D eigenvalue weighted by Crippen LogP contribution is -2.27. The molecule has 1 rings (SSSR count). The van der Waals surface area contributed by atoms with E-state index in [4.69, 9.17) is 11.5 Å². The van der Waals surface area contributed by atoms with Gasteiger partial charge < -0.3 is 5.11 Å². The summed E-state index contributed by atoms with van der Waals surface area (Å²) >= 11 is 1.51. The maximum atomic E-state index is 11.1. The van der Waals surface area contributed by atoms with Crippen molar-refractivity contribution < 1.29 is 9.90 Å². The summed E-state index contributed by atoms with van der Waals surface area (Å²) < 4.78 is 0. The van der Waals surface area contributed by atoms with Crippen LogP contribution >= 0.6 is 11.3 Å². The number of hydrogen-bond donors (Lipinski definition) is 2. The molecular formula is C13H17NO2S. The van der Waals surface area contributed by atoms with Crippen LogP contribution in [0.4, 0.5) is 0 Å². The Bertz CT molecular complexity index is 437. The van der Waals surface area contributed by atoms with Gasteiger partial charge in [0.25, 0.3) is 0 Å². The Morgan fingerprint density at radius 2 is 2.24 bits per heavy atom. The maximum Gasteiger partial charge on any atom is 0.326 e. The minimum absolute atomic E-state index is 0.0398. The molecule has 0 amide bonds. The van der Waals surface area contributed by atoms with Gasteiger partial charge in [-0.1, -0.05) is 26.7 Å². The van der Waals surface area contributed by atoms with Crippen LogP contribution in [0.1, 0.15) is 36.6 Å². The molecule has 4 heteroatoms. The van der Waals surface area contributed by atoms with Crippen molar-refractivity contribution in [3.05, 3.63) is 21.9 Å². The smallest absolute Gasteiger partial charge is 0.326 e. The summed E-state index contributed by atoms with van der Waals surface area (Å²) in [6, 6.07) is 3.12. The van der Waals surface area contributed by atoms with Crippen molar-refractivity contribution in [2.45, 2.75) is 32.2 Å². The van der Waals surface area contributed by atoms with Gasteiger partial charge in [0.2, 0.25) is 0 Å². The topological polar surface area (TPSA) is 49.3 Å². The molecular weight excluding hydrogens is 234 g/mol. The van der Waals surface area contributed by atoms with E-state index in [-0.39, 0.29) is 12.0 Å². The van der Waals surface area contributed by atoms with Crippen LogP contribution in [0, 0.1) is 12.3 Å². The molecule has 0 saturated heterocycles. The minimum Gasteiger partial charge on any atom is -0.480 e.